The van der Waals surface area contributed by atoms with Crippen molar-refractivity contribution in [3.05, 3.63) is 47.3 Å². The molecule has 0 spiro atoms. The normalized spacial score (nSPS) is 14.5. The molecule has 0 saturated carbocycles. The Labute approximate surface area is 131 Å². The monoisotopic (exact) mass is 297 g/mol. The second-order valence-electron chi connectivity index (χ2n) is 5.95. The average Bonchev–Trinajstić information content (AvgIpc) is 3.17. The quantitative estimate of drug-likeness (QED) is 0.868. The van der Waals surface area contributed by atoms with E-state index >= 15 is 0 Å². The van der Waals surface area contributed by atoms with Crippen molar-refractivity contribution >= 4 is 5.91 Å². The Balaban J connectivity index is 2.02. The van der Waals surface area contributed by atoms with Crippen LogP contribution in [0.5, 0.6) is 0 Å². The van der Waals surface area contributed by atoms with Crippen LogP contribution in [-0.2, 0) is 6.42 Å². The van der Waals surface area contributed by atoms with Crippen LogP contribution in [0.4, 0.5) is 0 Å². The third-order valence-corrected chi connectivity index (χ3v) is 4.32. The number of hydrogen-bond acceptors (Lipinski definition) is 2. The number of amides is 1. The van der Waals surface area contributed by atoms with Crippen molar-refractivity contribution in [3.63, 3.8) is 0 Å². The van der Waals surface area contributed by atoms with E-state index in [1.807, 2.05) is 21.7 Å². The Bertz CT molecular complexity index is 669. The van der Waals surface area contributed by atoms with Gasteiger partial charge in [-0.15, -0.1) is 0 Å². The predicted molar refractivity (Wildman–Crippen MR) is 87.4 cm³/mol. The maximum Gasteiger partial charge on any atom is 0.257 e. The van der Waals surface area contributed by atoms with Crippen molar-refractivity contribution in [3.8, 4) is 5.69 Å². The molecule has 4 nitrogen and oxygen atoms in total. The van der Waals surface area contributed by atoms with Gasteiger partial charge in [-0.3, -0.25) is 4.79 Å². The topological polar surface area (TPSA) is 38.1 Å². The molecule has 1 aromatic heterocycles. The van der Waals surface area contributed by atoms with Crippen LogP contribution in [-0.4, -0.2) is 33.7 Å². The maximum absolute atomic E-state index is 12.7. The largest absolute Gasteiger partial charge is 0.339 e. The fourth-order valence-corrected chi connectivity index (χ4v) is 3.13. The van der Waals surface area contributed by atoms with Crippen LogP contribution in [0.25, 0.3) is 5.69 Å². The SMILES string of the molecule is CCCc1c(C(=O)N2CCCC2)cnn1-c1ccccc1C. The first-order valence-corrected chi connectivity index (χ1v) is 8.14. The highest BCUT2D eigenvalue weighted by atomic mass is 16.2. The van der Waals surface area contributed by atoms with E-state index < -0.39 is 0 Å². The fraction of sp³-hybridized carbons (Fsp3) is 0.444. The molecule has 1 aromatic carbocycles. The van der Waals surface area contributed by atoms with Crippen LogP contribution < -0.4 is 0 Å². The summed E-state index contributed by atoms with van der Waals surface area (Å²) in [7, 11) is 0. The molecule has 2 aromatic rings. The highest BCUT2D eigenvalue weighted by Crippen LogP contribution is 2.22. The number of nitrogens with zero attached hydrogens (tertiary/aromatic N) is 3. The van der Waals surface area contributed by atoms with E-state index in [2.05, 4.69) is 31.1 Å². The molecule has 1 fully saturated rings. The maximum atomic E-state index is 12.7. The summed E-state index contributed by atoms with van der Waals surface area (Å²) in [6.45, 7) is 5.97. The number of hydrogen-bond donors (Lipinski definition) is 0. The lowest BCUT2D eigenvalue weighted by Crippen LogP contribution is -2.28. The molecule has 0 N–H and O–H groups in total. The van der Waals surface area contributed by atoms with Gasteiger partial charge in [0.1, 0.15) is 0 Å². The minimum absolute atomic E-state index is 0.140. The van der Waals surface area contributed by atoms with Crippen molar-refractivity contribution in [1.82, 2.24) is 14.7 Å². The van der Waals surface area contributed by atoms with E-state index in [9.17, 15) is 4.79 Å². The first-order chi connectivity index (χ1) is 10.7. The van der Waals surface area contributed by atoms with Gasteiger partial charge in [0.2, 0.25) is 0 Å². The fourth-order valence-electron chi connectivity index (χ4n) is 3.13. The first kappa shape index (κ1) is 14.8. The van der Waals surface area contributed by atoms with Crippen LogP contribution >= 0.6 is 0 Å². The highest BCUT2D eigenvalue weighted by Gasteiger charge is 2.25. The number of aromatic nitrogens is 2. The number of likely N-dealkylation sites (tertiary alicyclic amines) is 1. The van der Waals surface area contributed by atoms with Crippen molar-refractivity contribution < 1.29 is 4.79 Å². The van der Waals surface area contributed by atoms with Gasteiger partial charge in [0.05, 0.1) is 23.1 Å². The molecular formula is C18H23N3O. The predicted octanol–water partition coefficient (Wildman–Crippen LogP) is 3.37. The van der Waals surface area contributed by atoms with Gasteiger partial charge in [0, 0.05) is 13.1 Å². The van der Waals surface area contributed by atoms with E-state index in [1.165, 1.54) is 5.56 Å². The Morgan fingerprint density at radius 1 is 1.23 bits per heavy atom. The molecule has 0 atom stereocenters. The number of benzene rings is 1. The Hall–Kier alpha value is -2.10. The Morgan fingerprint density at radius 2 is 1.95 bits per heavy atom. The molecule has 0 bridgehead atoms. The summed E-state index contributed by atoms with van der Waals surface area (Å²) < 4.78 is 1.95. The molecule has 4 heteroatoms. The van der Waals surface area contributed by atoms with E-state index in [-0.39, 0.29) is 5.91 Å². The molecule has 1 aliphatic heterocycles. The number of aryl methyl sites for hydroxylation is 1. The molecule has 0 unspecified atom stereocenters. The second-order valence-corrected chi connectivity index (χ2v) is 5.95. The van der Waals surface area contributed by atoms with Gasteiger partial charge in [-0.05, 0) is 37.8 Å². The van der Waals surface area contributed by atoms with Gasteiger partial charge in [-0.25, -0.2) is 4.68 Å². The van der Waals surface area contributed by atoms with Crippen molar-refractivity contribution in [2.75, 3.05) is 13.1 Å². The highest BCUT2D eigenvalue weighted by molar-refractivity contribution is 5.95. The zero-order valence-corrected chi connectivity index (χ0v) is 13.4. The van der Waals surface area contributed by atoms with Gasteiger partial charge in [-0.2, -0.15) is 5.10 Å². The van der Waals surface area contributed by atoms with Crippen molar-refractivity contribution in [1.29, 1.82) is 0 Å². The number of carbonyl (C=O) groups is 1. The molecule has 1 amide bonds. The lowest BCUT2D eigenvalue weighted by Gasteiger charge is -2.16. The molecule has 0 aliphatic carbocycles. The van der Waals surface area contributed by atoms with Gasteiger partial charge >= 0.3 is 0 Å². The van der Waals surface area contributed by atoms with Crippen LogP contribution in [0.2, 0.25) is 0 Å². The molecular weight excluding hydrogens is 274 g/mol. The average molecular weight is 297 g/mol. The molecule has 1 aliphatic rings. The zero-order valence-electron chi connectivity index (χ0n) is 13.4. The van der Waals surface area contributed by atoms with Gasteiger partial charge in [0.15, 0.2) is 0 Å². The summed E-state index contributed by atoms with van der Waals surface area (Å²) in [5.41, 5.74) is 4.04. The zero-order chi connectivity index (χ0) is 15.5. The van der Waals surface area contributed by atoms with Crippen molar-refractivity contribution in [2.24, 2.45) is 0 Å². The summed E-state index contributed by atoms with van der Waals surface area (Å²) in [4.78, 5) is 14.7. The first-order valence-electron chi connectivity index (χ1n) is 8.14. The van der Waals surface area contributed by atoms with Gasteiger partial charge < -0.3 is 4.90 Å². The number of rotatable bonds is 4. The number of carbonyl (C=O) groups excluding carboxylic acids is 1. The van der Waals surface area contributed by atoms with Crippen LogP contribution in [0.15, 0.2) is 30.5 Å². The molecule has 1 saturated heterocycles. The van der Waals surface area contributed by atoms with Gasteiger partial charge in [0.25, 0.3) is 5.91 Å². The standard InChI is InChI=1S/C18H23N3O/c1-3-8-17-15(18(22)20-11-6-7-12-20)13-19-21(17)16-10-5-4-9-14(16)2/h4-5,9-10,13H,3,6-8,11-12H2,1-2H3. The van der Waals surface area contributed by atoms with Crippen molar-refractivity contribution in [2.45, 2.75) is 39.5 Å². The summed E-state index contributed by atoms with van der Waals surface area (Å²) in [6.07, 6.45) is 5.83. The van der Waals surface area contributed by atoms with E-state index in [0.717, 1.165) is 55.7 Å². The van der Waals surface area contributed by atoms with Gasteiger partial charge in [-0.1, -0.05) is 31.5 Å². The minimum atomic E-state index is 0.140. The smallest absolute Gasteiger partial charge is 0.257 e. The third kappa shape index (κ3) is 2.65. The molecule has 0 radical (unpaired) electrons. The van der Waals surface area contributed by atoms with Crippen LogP contribution in [0, 0.1) is 6.92 Å². The number of para-hydroxylation sites is 1. The summed E-state index contributed by atoms with van der Waals surface area (Å²) in [6, 6.07) is 8.18. The molecule has 3 rings (SSSR count). The van der Waals surface area contributed by atoms with E-state index in [4.69, 9.17) is 0 Å². The Morgan fingerprint density at radius 3 is 2.64 bits per heavy atom. The Kier molecular flexibility index (Phi) is 4.27. The summed E-state index contributed by atoms with van der Waals surface area (Å²) >= 11 is 0. The lowest BCUT2D eigenvalue weighted by molar-refractivity contribution is 0.0791. The minimum Gasteiger partial charge on any atom is -0.339 e. The lowest BCUT2D eigenvalue weighted by atomic mass is 10.1. The summed E-state index contributed by atoms with van der Waals surface area (Å²) in [5, 5.41) is 4.53. The van der Waals surface area contributed by atoms with Crippen LogP contribution in [0.3, 0.4) is 0 Å². The molecule has 2 heterocycles. The second kappa shape index (κ2) is 6.34. The van der Waals surface area contributed by atoms with E-state index in [0.29, 0.717) is 0 Å². The summed E-state index contributed by atoms with van der Waals surface area (Å²) in [5.74, 6) is 0.140. The molecule has 22 heavy (non-hydrogen) atoms. The third-order valence-electron chi connectivity index (χ3n) is 4.32. The van der Waals surface area contributed by atoms with Crippen LogP contribution in [0.1, 0.15) is 47.8 Å². The van der Waals surface area contributed by atoms with E-state index in [1.54, 1.807) is 6.20 Å². The molecule has 116 valence electrons.